The Morgan fingerprint density at radius 3 is 2.47 bits per heavy atom. The number of amides is 1. The van der Waals surface area contributed by atoms with Crippen LogP contribution in [0.3, 0.4) is 0 Å². The SMILES string of the molecule is CC(=O)Nc1ccc(CN[C@@H](C)C2CCCC2)cc1. The van der Waals surface area contributed by atoms with Crippen LogP contribution < -0.4 is 10.6 Å². The molecule has 0 heterocycles. The predicted molar refractivity (Wildman–Crippen MR) is 79.0 cm³/mol. The third-order valence-corrected chi connectivity index (χ3v) is 4.01. The van der Waals surface area contributed by atoms with E-state index in [-0.39, 0.29) is 5.91 Å². The second-order valence-corrected chi connectivity index (χ2v) is 5.59. The molecule has 1 atom stereocenters. The van der Waals surface area contributed by atoms with Gasteiger partial charge in [-0.25, -0.2) is 0 Å². The number of carbonyl (C=O) groups excluding carboxylic acids is 1. The smallest absolute Gasteiger partial charge is 0.221 e. The first-order chi connectivity index (χ1) is 9.15. The number of hydrogen-bond donors (Lipinski definition) is 2. The lowest BCUT2D eigenvalue weighted by molar-refractivity contribution is -0.114. The zero-order chi connectivity index (χ0) is 13.7. The topological polar surface area (TPSA) is 41.1 Å². The molecule has 0 radical (unpaired) electrons. The molecule has 1 aliphatic carbocycles. The van der Waals surface area contributed by atoms with Crippen LogP contribution >= 0.6 is 0 Å². The van der Waals surface area contributed by atoms with Crippen LogP contribution in [0.25, 0.3) is 0 Å². The molecule has 0 aromatic heterocycles. The van der Waals surface area contributed by atoms with E-state index in [1.54, 1.807) is 0 Å². The number of nitrogens with one attached hydrogen (secondary N) is 2. The van der Waals surface area contributed by atoms with Gasteiger partial charge in [-0.1, -0.05) is 25.0 Å². The van der Waals surface area contributed by atoms with Crippen LogP contribution in [0.5, 0.6) is 0 Å². The Kier molecular flexibility index (Phi) is 4.97. The van der Waals surface area contributed by atoms with Crippen molar-refractivity contribution in [1.29, 1.82) is 0 Å². The second kappa shape index (κ2) is 6.71. The van der Waals surface area contributed by atoms with Crippen molar-refractivity contribution in [3.8, 4) is 0 Å². The standard InChI is InChI=1S/C16H24N2O/c1-12(15-5-3-4-6-15)17-11-14-7-9-16(10-8-14)18-13(2)19/h7-10,12,15,17H,3-6,11H2,1-2H3,(H,18,19)/t12-/m0/s1. The minimum Gasteiger partial charge on any atom is -0.326 e. The second-order valence-electron chi connectivity index (χ2n) is 5.59. The molecule has 1 aromatic rings. The Morgan fingerprint density at radius 2 is 1.89 bits per heavy atom. The summed E-state index contributed by atoms with van der Waals surface area (Å²) in [6, 6.07) is 8.65. The van der Waals surface area contributed by atoms with Gasteiger partial charge in [0, 0.05) is 25.2 Å². The van der Waals surface area contributed by atoms with Crippen LogP contribution in [0.2, 0.25) is 0 Å². The molecule has 0 unspecified atom stereocenters. The van der Waals surface area contributed by atoms with Crippen molar-refractivity contribution in [3.63, 3.8) is 0 Å². The predicted octanol–water partition coefficient (Wildman–Crippen LogP) is 3.31. The molecule has 0 aliphatic heterocycles. The Labute approximate surface area is 115 Å². The lowest BCUT2D eigenvalue weighted by Crippen LogP contribution is -2.31. The highest BCUT2D eigenvalue weighted by atomic mass is 16.1. The number of rotatable bonds is 5. The number of anilines is 1. The number of carbonyl (C=O) groups is 1. The van der Waals surface area contributed by atoms with Gasteiger partial charge in [-0.2, -0.15) is 0 Å². The summed E-state index contributed by atoms with van der Waals surface area (Å²) in [7, 11) is 0. The van der Waals surface area contributed by atoms with Crippen molar-refractivity contribution in [2.24, 2.45) is 5.92 Å². The molecular formula is C16H24N2O. The summed E-state index contributed by atoms with van der Waals surface area (Å²) in [5, 5.41) is 6.40. The fourth-order valence-corrected chi connectivity index (χ4v) is 2.81. The van der Waals surface area contributed by atoms with Crippen LogP contribution in [0.15, 0.2) is 24.3 Å². The quantitative estimate of drug-likeness (QED) is 0.852. The molecule has 1 aromatic carbocycles. The van der Waals surface area contributed by atoms with Crippen LogP contribution in [0.1, 0.15) is 45.1 Å². The molecule has 2 rings (SSSR count). The highest BCUT2D eigenvalue weighted by Gasteiger charge is 2.20. The molecule has 1 aliphatic rings. The maximum Gasteiger partial charge on any atom is 0.221 e. The van der Waals surface area contributed by atoms with E-state index in [0.29, 0.717) is 6.04 Å². The highest BCUT2D eigenvalue weighted by Crippen LogP contribution is 2.27. The van der Waals surface area contributed by atoms with Crippen molar-refractivity contribution >= 4 is 11.6 Å². The molecule has 0 spiro atoms. The molecule has 1 fully saturated rings. The van der Waals surface area contributed by atoms with Crippen LogP contribution in [0, 0.1) is 5.92 Å². The zero-order valence-corrected chi connectivity index (χ0v) is 11.9. The molecule has 2 N–H and O–H groups in total. The van der Waals surface area contributed by atoms with E-state index >= 15 is 0 Å². The van der Waals surface area contributed by atoms with Crippen molar-refractivity contribution in [2.75, 3.05) is 5.32 Å². The molecule has 19 heavy (non-hydrogen) atoms. The molecule has 1 amide bonds. The average molecular weight is 260 g/mol. The fourth-order valence-electron chi connectivity index (χ4n) is 2.81. The van der Waals surface area contributed by atoms with Gasteiger partial charge in [0.15, 0.2) is 0 Å². The summed E-state index contributed by atoms with van der Waals surface area (Å²) in [5.74, 6) is 0.819. The number of benzene rings is 1. The molecule has 0 bridgehead atoms. The van der Waals surface area contributed by atoms with Gasteiger partial charge in [-0.15, -0.1) is 0 Å². The summed E-state index contributed by atoms with van der Waals surface area (Å²) in [5.41, 5.74) is 2.12. The van der Waals surface area contributed by atoms with Crippen molar-refractivity contribution < 1.29 is 4.79 Å². The van der Waals surface area contributed by atoms with Gasteiger partial charge in [-0.05, 0) is 43.4 Å². The van der Waals surface area contributed by atoms with E-state index in [1.807, 2.05) is 12.1 Å². The first-order valence-electron chi connectivity index (χ1n) is 7.25. The van der Waals surface area contributed by atoms with Gasteiger partial charge >= 0.3 is 0 Å². The molecule has 104 valence electrons. The molecule has 3 nitrogen and oxygen atoms in total. The summed E-state index contributed by atoms with van der Waals surface area (Å²) in [6.07, 6.45) is 5.52. The first kappa shape index (κ1) is 14.1. The molecular weight excluding hydrogens is 236 g/mol. The van der Waals surface area contributed by atoms with E-state index in [2.05, 4.69) is 29.7 Å². The minimum atomic E-state index is -0.0271. The summed E-state index contributed by atoms with van der Waals surface area (Å²) in [4.78, 5) is 10.9. The van der Waals surface area contributed by atoms with E-state index < -0.39 is 0 Å². The Morgan fingerprint density at radius 1 is 1.26 bits per heavy atom. The summed E-state index contributed by atoms with van der Waals surface area (Å²) in [6.45, 7) is 4.72. The van der Waals surface area contributed by atoms with Gasteiger partial charge in [0.1, 0.15) is 0 Å². The Hall–Kier alpha value is -1.35. The largest absolute Gasteiger partial charge is 0.326 e. The molecule has 0 saturated heterocycles. The fraction of sp³-hybridized carbons (Fsp3) is 0.562. The molecule has 3 heteroatoms. The highest BCUT2D eigenvalue weighted by molar-refractivity contribution is 5.88. The van der Waals surface area contributed by atoms with E-state index in [9.17, 15) is 4.79 Å². The minimum absolute atomic E-state index is 0.0271. The lowest BCUT2D eigenvalue weighted by atomic mass is 9.99. The van der Waals surface area contributed by atoms with Crippen LogP contribution in [0.4, 0.5) is 5.69 Å². The van der Waals surface area contributed by atoms with Gasteiger partial charge < -0.3 is 10.6 Å². The zero-order valence-electron chi connectivity index (χ0n) is 11.9. The molecule has 1 saturated carbocycles. The van der Waals surface area contributed by atoms with Gasteiger partial charge in [0.05, 0.1) is 0 Å². The number of hydrogen-bond acceptors (Lipinski definition) is 2. The lowest BCUT2D eigenvalue weighted by Gasteiger charge is -2.20. The van der Waals surface area contributed by atoms with Gasteiger partial charge in [-0.3, -0.25) is 4.79 Å². The van der Waals surface area contributed by atoms with E-state index in [0.717, 1.165) is 18.2 Å². The first-order valence-corrected chi connectivity index (χ1v) is 7.25. The normalized spacial score (nSPS) is 17.4. The van der Waals surface area contributed by atoms with Crippen molar-refractivity contribution in [1.82, 2.24) is 5.32 Å². The van der Waals surface area contributed by atoms with Crippen LogP contribution in [-0.2, 0) is 11.3 Å². The van der Waals surface area contributed by atoms with Gasteiger partial charge in [0.2, 0.25) is 5.91 Å². The van der Waals surface area contributed by atoms with E-state index in [4.69, 9.17) is 0 Å². The third-order valence-electron chi connectivity index (χ3n) is 4.01. The van der Waals surface area contributed by atoms with Gasteiger partial charge in [0.25, 0.3) is 0 Å². The maximum atomic E-state index is 10.9. The van der Waals surface area contributed by atoms with E-state index in [1.165, 1.54) is 38.2 Å². The Bertz CT molecular complexity index is 407. The third kappa shape index (κ3) is 4.35. The van der Waals surface area contributed by atoms with Crippen molar-refractivity contribution in [2.45, 2.75) is 52.1 Å². The van der Waals surface area contributed by atoms with Crippen LogP contribution in [-0.4, -0.2) is 11.9 Å². The summed E-state index contributed by atoms with van der Waals surface area (Å²) < 4.78 is 0. The Balaban J connectivity index is 1.80. The maximum absolute atomic E-state index is 10.9. The average Bonchev–Trinajstić information content (AvgIpc) is 2.91. The monoisotopic (exact) mass is 260 g/mol. The summed E-state index contributed by atoms with van der Waals surface area (Å²) >= 11 is 0. The van der Waals surface area contributed by atoms with Crippen molar-refractivity contribution in [3.05, 3.63) is 29.8 Å².